The van der Waals surface area contributed by atoms with Crippen molar-refractivity contribution >= 4 is 17.6 Å². The van der Waals surface area contributed by atoms with Crippen LogP contribution in [-0.4, -0.2) is 46.3 Å². The maximum absolute atomic E-state index is 14.0. The molecule has 0 unspecified atom stereocenters. The second-order valence-corrected chi connectivity index (χ2v) is 8.04. The van der Waals surface area contributed by atoms with Gasteiger partial charge >= 0.3 is 0 Å². The molecule has 0 aliphatic carbocycles. The fourth-order valence-electron chi connectivity index (χ4n) is 4.37. The molecule has 1 aromatic carbocycles. The van der Waals surface area contributed by atoms with Crippen LogP contribution in [0.3, 0.4) is 0 Å². The fourth-order valence-corrected chi connectivity index (χ4v) is 4.37. The Morgan fingerprint density at radius 3 is 2.80 bits per heavy atom. The highest BCUT2D eigenvalue weighted by Gasteiger charge is 2.32. The molecule has 30 heavy (non-hydrogen) atoms. The first-order valence-corrected chi connectivity index (χ1v) is 10.7. The molecule has 0 saturated carbocycles. The van der Waals surface area contributed by atoms with E-state index >= 15 is 0 Å². The van der Waals surface area contributed by atoms with Gasteiger partial charge in [0.2, 0.25) is 11.8 Å². The number of benzene rings is 1. The molecule has 1 saturated heterocycles. The molecule has 2 amide bonds. The quantitative estimate of drug-likeness (QED) is 0.759. The average molecular weight is 410 g/mol. The van der Waals surface area contributed by atoms with E-state index in [1.165, 1.54) is 6.07 Å². The molecule has 2 aliphatic heterocycles. The molecule has 1 aromatic heterocycles. The first-order chi connectivity index (χ1) is 14.5. The van der Waals surface area contributed by atoms with E-state index in [9.17, 15) is 14.0 Å². The number of fused-ring (bicyclic) bond motifs is 1. The van der Waals surface area contributed by atoms with Crippen LogP contribution in [-0.2, 0) is 22.4 Å². The number of nitrogens with zero attached hydrogens (tertiary/aromatic N) is 4. The van der Waals surface area contributed by atoms with Crippen LogP contribution in [0.2, 0.25) is 0 Å². The molecular formula is C23H27FN4O2. The van der Waals surface area contributed by atoms with Crippen LogP contribution in [0.1, 0.15) is 54.7 Å². The van der Waals surface area contributed by atoms with Crippen molar-refractivity contribution in [2.24, 2.45) is 0 Å². The van der Waals surface area contributed by atoms with Crippen LogP contribution in [0.25, 0.3) is 0 Å². The lowest BCUT2D eigenvalue weighted by molar-refractivity contribution is -0.129. The van der Waals surface area contributed by atoms with Gasteiger partial charge in [-0.25, -0.2) is 14.4 Å². The van der Waals surface area contributed by atoms with Crippen LogP contribution in [0, 0.1) is 12.7 Å². The van der Waals surface area contributed by atoms with Crippen molar-refractivity contribution in [1.29, 1.82) is 0 Å². The minimum atomic E-state index is -0.256. The highest BCUT2D eigenvalue weighted by molar-refractivity contribution is 5.95. The van der Waals surface area contributed by atoms with Gasteiger partial charge in [0.15, 0.2) is 0 Å². The number of hydrogen-bond donors (Lipinski definition) is 0. The van der Waals surface area contributed by atoms with Crippen molar-refractivity contribution in [1.82, 2.24) is 14.9 Å². The SMILES string of the molecule is CCC(=O)N1CC[C@@H](c2nc(C)c3c(n2)N(CCc2ccccc2F)C(=O)CC3)C1. The zero-order valence-corrected chi connectivity index (χ0v) is 17.5. The molecule has 1 fully saturated rings. The van der Waals surface area contributed by atoms with E-state index in [4.69, 9.17) is 9.97 Å². The molecule has 0 bridgehead atoms. The Morgan fingerprint density at radius 1 is 1.23 bits per heavy atom. The van der Waals surface area contributed by atoms with Gasteiger partial charge < -0.3 is 4.90 Å². The van der Waals surface area contributed by atoms with Gasteiger partial charge in [-0.15, -0.1) is 0 Å². The van der Waals surface area contributed by atoms with Crippen LogP contribution < -0.4 is 4.90 Å². The van der Waals surface area contributed by atoms with E-state index in [0.717, 1.165) is 17.7 Å². The van der Waals surface area contributed by atoms with Gasteiger partial charge in [-0.2, -0.15) is 0 Å². The normalized spacial score (nSPS) is 18.6. The minimum absolute atomic E-state index is 0.0112. The summed E-state index contributed by atoms with van der Waals surface area (Å²) in [5.41, 5.74) is 2.47. The summed E-state index contributed by atoms with van der Waals surface area (Å²) >= 11 is 0. The second-order valence-electron chi connectivity index (χ2n) is 8.04. The summed E-state index contributed by atoms with van der Waals surface area (Å²) in [6.07, 6.45) is 2.79. The summed E-state index contributed by atoms with van der Waals surface area (Å²) < 4.78 is 14.0. The standard InChI is InChI=1S/C23H27FN4O2/c1-3-20(29)27-12-10-17(14-27)22-25-15(2)18-8-9-21(30)28(23(18)26-22)13-11-16-6-4-5-7-19(16)24/h4-7,17H,3,8-14H2,1-2H3/t17-/m1/s1. The molecular weight excluding hydrogens is 383 g/mol. The molecule has 0 spiro atoms. The zero-order chi connectivity index (χ0) is 21.3. The molecule has 1 atom stereocenters. The molecule has 3 heterocycles. The van der Waals surface area contributed by atoms with Crippen LogP contribution in [0.5, 0.6) is 0 Å². The predicted octanol–water partition coefficient (Wildman–Crippen LogP) is 3.17. The molecule has 158 valence electrons. The van der Waals surface area contributed by atoms with Crippen molar-refractivity contribution in [2.45, 2.75) is 51.9 Å². The molecule has 0 radical (unpaired) electrons. The second kappa shape index (κ2) is 8.50. The van der Waals surface area contributed by atoms with E-state index in [0.29, 0.717) is 62.5 Å². The Labute approximate surface area is 176 Å². The summed E-state index contributed by atoms with van der Waals surface area (Å²) in [6.45, 7) is 5.54. The summed E-state index contributed by atoms with van der Waals surface area (Å²) in [5, 5.41) is 0. The summed E-state index contributed by atoms with van der Waals surface area (Å²) in [6, 6.07) is 6.66. The van der Waals surface area contributed by atoms with Crippen LogP contribution in [0.4, 0.5) is 10.2 Å². The van der Waals surface area contributed by atoms with E-state index < -0.39 is 0 Å². The number of rotatable bonds is 5. The van der Waals surface area contributed by atoms with E-state index in [2.05, 4.69) is 0 Å². The number of anilines is 1. The highest BCUT2D eigenvalue weighted by atomic mass is 19.1. The smallest absolute Gasteiger partial charge is 0.228 e. The number of aromatic nitrogens is 2. The van der Waals surface area contributed by atoms with E-state index in [1.807, 2.05) is 18.7 Å². The highest BCUT2D eigenvalue weighted by Crippen LogP contribution is 2.32. The Hall–Kier alpha value is -2.83. The first kappa shape index (κ1) is 20.4. The summed E-state index contributed by atoms with van der Waals surface area (Å²) in [7, 11) is 0. The zero-order valence-electron chi connectivity index (χ0n) is 17.5. The average Bonchev–Trinajstić information content (AvgIpc) is 3.24. The molecule has 4 rings (SSSR count). The largest absolute Gasteiger partial charge is 0.342 e. The Kier molecular flexibility index (Phi) is 5.79. The van der Waals surface area contributed by atoms with E-state index in [1.54, 1.807) is 23.1 Å². The monoisotopic (exact) mass is 410 g/mol. The van der Waals surface area contributed by atoms with E-state index in [-0.39, 0.29) is 23.5 Å². The number of likely N-dealkylation sites (tertiary alicyclic amines) is 1. The van der Waals surface area contributed by atoms with Gasteiger partial charge in [0, 0.05) is 49.7 Å². The first-order valence-electron chi connectivity index (χ1n) is 10.7. The van der Waals surface area contributed by atoms with Crippen molar-refractivity contribution in [3.8, 4) is 0 Å². The lowest BCUT2D eigenvalue weighted by Crippen LogP contribution is -2.38. The molecule has 7 heteroatoms. The molecule has 2 aromatic rings. The lowest BCUT2D eigenvalue weighted by Gasteiger charge is -2.30. The Balaban J connectivity index is 1.59. The van der Waals surface area contributed by atoms with Gasteiger partial charge in [-0.1, -0.05) is 25.1 Å². The summed E-state index contributed by atoms with van der Waals surface area (Å²) in [4.78, 5) is 37.8. The number of aryl methyl sites for hydroxylation is 1. The maximum atomic E-state index is 14.0. The van der Waals surface area contributed by atoms with Crippen molar-refractivity contribution in [2.75, 3.05) is 24.5 Å². The fraction of sp³-hybridized carbons (Fsp3) is 0.478. The lowest BCUT2D eigenvalue weighted by atomic mass is 10.0. The molecule has 0 N–H and O–H groups in total. The third-order valence-electron chi connectivity index (χ3n) is 6.13. The number of carbonyl (C=O) groups is 2. The topological polar surface area (TPSA) is 66.4 Å². The third kappa shape index (κ3) is 3.93. The molecule has 2 aliphatic rings. The summed E-state index contributed by atoms with van der Waals surface area (Å²) in [5.74, 6) is 1.34. The van der Waals surface area contributed by atoms with Gasteiger partial charge in [0.05, 0.1) is 0 Å². The molecule has 6 nitrogen and oxygen atoms in total. The van der Waals surface area contributed by atoms with Gasteiger partial charge in [0.25, 0.3) is 0 Å². The van der Waals surface area contributed by atoms with Gasteiger partial charge in [0.1, 0.15) is 17.5 Å². The number of amides is 2. The van der Waals surface area contributed by atoms with Crippen molar-refractivity contribution in [3.63, 3.8) is 0 Å². The van der Waals surface area contributed by atoms with Crippen molar-refractivity contribution < 1.29 is 14.0 Å². The van der Waals surface area contributed by atoms with Crippen LogP contribution in [0.15, 0.2) is 24.3 Å². The predicted molar refractivity (Wildman–Crippen MR) is 112 cm³/mol. The van der Waals surface area contributed by atoms with Crippen molar-refractivity contribution in [3.05, 3.63) is 52.7 Å². The number of halogens is 1. The van der Waals surface area contributed by atoms with Crippen LogP contribution >= 0.6 is 0 Å². The Bertz CT molecular complexity index is 978. The van der Waals surface area contributed by atoms with Gasteiger partial charge in [-0.3, -0.25) is 14.5 Å². The number of carbonyl (C=O) groups excluding carboxylic acids is 2. The third-order valence-corrected chi connectivity index (χ3v) is 6.13. The minimum Gasteiger partial charge on any atom is -0.342 e. The maximum Gasteiger partial charge on any atom is 0.228 e. The van der Waals surface area contributed by atoms with Gasteiger partial charge in [-0.05, 0) is 37.8 Å². The number of hydrogen-bond acceptors (Lipinski definition) is 4. The Morgan fingerprint density at radius 2 is 2.03 bits per heavy atom.